The first-order valence-corrected chi connectivity index (χ1v) is 7.48. The van der Waals surface area contributed by atoms with Crippen LogP contribution in [0.25, 0.3) is 10.2 Å². The highest BCUT2D eigenvalue weighted by atomic mass is 32.1. The van der Waals surface area contributed by atoms with Crippen LogP contribution in [-0.2, 0) is 11.2 Å². The third kappa shape index (κ3) is 2.50. The van der Waals surface area contributed by atoms with Crippen molar-refractivity contribution in [2.45, 2.75) is 19.8 Å². The molecule has 0 spiro atoms. The van der Waals surface area contributed by atoms with Crippen LogP contribution in [0, 0.1) is 0 Å². The molecule has 1 saturated heterocycles. The van der Waals surface area contributed by atoms with Gasteiger partial charge in [-0.1, -0.05) is 6.92 Å². The van der Waals surface area contributed by atoms with E-state index in [0.717, 1.165) is 55.2 Å². The van der Waals surface area contributed by atoms with Gasteiger partial charge in [0.1, 0.15) is 10.6 Å². The fourth-order valence-corrected chi connectivity index (χ4v) is 3.31. The van der Waals surface area contributed by atoms with Crippen LogP contribution in [0.15, 0.2) is 6.07 Å². The number of nitrogens with two attached hydrogens (primary N) is 1. The third-order valence-electron chi connectivity index (χ3n) is 3.31. The summed E-state index contributed by atoms with van der Waals surface area (Å²) in [6.45, 7) is 5.55. The highest BCUT2D eigenvalue weighted by Gasteiger charge is 2.17. The zero-order chi connectivity index (χ0) is 13.2. The number of rotatable bonds is 2. The zero-order valence-electron chi connectivity index (χ0n) is 11.1. The molecule has 1 fully saturated rings. The first kappa shape index (κ1) is 12.6. The molecule has 6 heteroatoms. The maximum absolute atomic E-state index is 5.85. The van der Waals surface area contributed by atoms with E-state index in [4.69, 9.17) is 10.5 Å². The largest absolute Gasteiger partial charge is 0.380 e. The molecular weight excluding hydrogens is 260 g/mol. The second kappa shape index (κ2) is 5.30. The smallest absolute Gasteiger partial charge is 0.223 e. The summed E-state index contributed by atoms with van der Waals surface area (Å²) in [7, 11) is 0. The molecule has 1 aliphatic rings. The minimum Gasteiger partial charge on any atom is -0.380 e. The fraction of sp³-hybridized carbons (Fsp3) is 0.538. The van der Waals surface area contributed by atoms with Gasteiger partial charge in [0.05, 0.1) is 12.0 Å². The number of fused-ring (bicyclic) bond motifs is 1. The van der Waals surface area contributed by atoms with Gasteiger partial charge in [-0.25, -0.2) is 4.98 Å². The van der Waals surface area contributed by atoms with Crippen molar-refractivity contribution in [1.29, 1.82) is 0 Å². The summed E-state index contributed by atoms with van der Waals surface area (Å²) in [6, 6.07) is 2.19. The Bertz CT molecular complexity index is 575. The average Bonchev–Trinajstić information content (AvgIpc) is 2.64. The maximum atomic E-state index is 5.85. The lowest BCUT2D eigenvalue weighted by atomic mass is 10.3. The van der Waals surface area contributed by atoms with Gasteiger partial charge in [-0.05, 0) is 18.9 Å². The van der Waals surface area contributed by atoms with E-state index in [2.05, 4.69) is 27.9 Å². The molecule has 2 N–H and O–H groups in total. The number of thiophene rings is 1. The topological polar surface area (TPSA) is 64.3 Å². The van der Waals surface area contributed by atoms with Crippen molar-refractivity contribution in [3.8, 4) is 0 Å². The summed E-state index contributed by atoms with van der Waals surface area (Å²) in [6.07, 6.45) is 2.04. The Morgan fingerprint density at radius 3 is 3.11 bits per heavy atom. The van der Waals surface area contributed by atoms with E-state index < -0.39 is 0 Å². The Morgan fingerprint density at radius 2 is 2.26 bits per heavy atom. The quantitative estimate of drug-likeness (QED) is 0.911. The van der Waals surface area contributed by atoms with Gasteiger partial charge in [0.2, 0.25) is 5.95 Å². The summed E-state index contributed by atoms with van der Waals surface area (Å²) >= 11 is 1.71. The third-order valence-corrected chi connectivity index (χ3v) is 4.48. The van der Waals surface area contributed by atoms with Crippen LogP contribution in [0.1, 0.15) is 18.2 Å². The summed E-state index contributed by atoms with van der Waals surface area (Å²) < 4.78 is 5.50. The molecule has 1 aliphatic heterocycles. The lowest BCUT2D eigenvalue weighted by Crippen LogP contribution is -2.27. The molecular formula is C13H18N4OS. The van der Waals surface area contributed by atoms with Gasteiger partial charge in [-0.3, -0.25) is 0 Å². The minimum atomic E-state index is 0.358. The Balaban J connectivity index is 2.07. The van der Waals surface area contributed by atoms with E-state index in [0.29, 0.717) is 5.95 Å². The molecule has 2 aromatic heterocycles. The van der Waals surface area contributed by atoms with Crippen molar-refractivity contribution in [1.82, 2.24) is 9.97 Å². The molecule has 3 heterocycles. The van der Waals surface area contributed by atoms with Crippen LogP contribution >= 0.6 is 11.3 Å². The number of aryl methyl sites for hydroxylation is 1. The van der Waals surface area contributed by atoms with Crippen LogP contribution in [0.3, 0.4) is 0 Å². The molecule has 0 bridgehead atoms. The second-order valence-corrected chi connectivity index (χ2v) is 5.76. The molecule has 3 rings (SSSR count). The number of ether oxygens (including phenoxy) is 1. The Morgan fingerprint density at radius 1 is 1.37 bits per heavy atom. The van der Waals surface area contributed by atoms with Crippen molar-refractivity contribution in [2.75, 3.05) is 36.9 Å². The zero-order valence-corrected chi connectivity index (χ0v) is 11.9. The van der Waals surface area contributed by atoms with E-state index in [-0.39, 0.29) is 0 Å². The molecule has 2 aromatic rings. The predicted molar refractivity (Wildman–Crippen MR) is 78.9 cm³/mol. The Hall–Kier alpha value is -1.40. The molecule has 0 atom stereocenters. The van der Waals surface area contributed by atoms with E-state index >= 15 is 0 Å². The van der Waals surface area contributed by atoms with Crippen LogP contribution < -0.4 is 10.6 Å². The molecule has 0 aliphatic carbocycles. The second-order valence-electron chi connectivity index (χ2n) is 4.64. The molecule has 19 heavy (non-hydrogen) atoms. The average molecular weight is 278 g/mol. The molecule has 102 valence electrons. The lowest BCUT2D eigenvalue weighted by Gasteiger charge is -2.21. The first-order valence-electron chi connectivity index (χ1n) is 6.66. The number of nitrogen functional groups attached to an aromatic ring is 1. The SMILES string of the molecule is CCc1cc2c(N3CCCOCC3)nc(N)nc2s1. The van der Waals surface area contributed by atoms with Crippen LogP contribution in [-0.4, -0.2) is 36.3 Å². The molecule has 5 nitrogen and oxygen atoms in total. The van der Waals surface area contributed by atoms with E-state index in [1.165, 1.54) is 4.88 Å². The predicted octanol–water partition coefficient (Wildman–Crippen LogP) is 2.06. The monoisotopic (exact) mass is 278 g/mol. The van der Waals surface area contributed by atoms with Gasteiger partial charge >= 0.3 is 0 Å². The highest BCUT2D eigenvalue weighted by Crippen LogP contribution is 2.32. The minimum absolute atomic E-state index is 0.358. The van der Waals surface area contributed by atoms with Crippen LogP contribution in [0.2, 0.25) is 0 Å². The van der Waals surface area contributed by atoms with Crippen LogP contribution in [0.5, 0.6) is 0 Å². The molecule has 0 amide bonds. The summed E-state index contributed by atoms with van der Waals surface area (Å²) in [5.41, 5.74) is 5.85. The molecule has 0 saturated carbocycles. The highest BCUT2D eigenvalue weighted by molar-refractivity contribution is 7.18. The maximum Gasteiger partial charge on any atom is 0.223 e. The van der Waals surface area contributed by atoms with Crippen molar-refractivity contribution in [3.05, 3.63) is 10.9 Å². The van der Waals surface area contributed by atoms with E-state index in [1.807, 2.05) is 0 Å². The normalized spacial score (nSPS) is 16.8. The van der Waals surface area contributed by atoms with Crippen molar-refractivity contribution >= 4 is 33.3 Å². The lowest BCUT2D eigenvalue weighted by molar-refractivity contribution is 0.152. The number of nitrogens with zero attached hydrogens (tertiary/aromatic N) is 3. The number of hydrogen-bond acceptors (Lipinski definition) is 6. The van der Waals surface area contributed by atoms with Crippen LogP contribution in [0.4, 0.5) is 11.8 Å². The summed E-state index contributed by atoms with van der Waals surface area (Å²) in [4.78, 5) is 13.4. The summed E-state index contributed by atoms with van der Waals surface area (Å²) in [5, 5.41) is 1.12. The molecule has 0 aromatic carbocycles. The fourth-order valence-electron chi connectivity index (χ4n) is 2.35. The summed E-state index contributed by atoms with van der Waals surface area (Å²) in [5.74, 6) is 1.32. The molecule has 0 unspecified atom stereocenters. The number of hydrogen-bond donors (Lipinski definition) is 1. The van der Waals surface area contributed by atoms with Gasteiger partial charge in [-0.2, -0.15) is 4.98 Å². The van der Waals surface area contributed by atoms with Gasteiger partial charge in [-0.15, -0.1) is 11.3 Å². The molecule has 0 radical (unpaired) electrons. The van der Waals surface area contributed by atoms with Gasteiger partial charge < -0.3 is 15.4 Å². The number of aromatic nitrogens is 2. The number of anilines is 2. The first-order chi connectivity index (χ1) is 9.28. The standard InChI is InChI=1S/C13H18N4OS/c1-2-9-8-10-11(15-13(14)16-12(10)19-9)17-4-3-6-18-7-5-17/h8H,2-7H2,1H3,(H2,14,15,16). The Labute approximate surface area is 116 Å². The Kier molecular flexibility index (Phi) is 3.52. The van der Waals surface area contributed by atoms with Crippen molar-refractivity contribution in [2.24, 2.45) is 0 Å². The van der Waals surface area contributed by atoms with Crippen molar-refractivity contribution in [3.63, 3.8) is 0 Å². The van der Waals surface area contributed by atoms with Gasteiger partial charge in [0.25, 0.3) is 0 Å². The van der Waals surface area contributed by atoms with E-state index in [1.54, 1.807) is 11.3 Å². The van der Waals surface area contributed by atoms with Gasteiger partial charge in [0, 0.05) is 24.6 Å². The van der Waals surface area contributed by atoms with E-state index in [9.17, 15) is 0 Å². The van der Waals surface area contributed by atoms with Gasteiger partial charge in [0.15, 0.2) is 0 Å². The van der Waals surface area contributed by atoms with Crippen molar-refractivity contribution < 1.29 is 4.74 Å².